The average molecular weight is 251 g/mol. The third-order valence-electron chi connectivity index (χ3n) is 3.92. The Balaban J connectivity index is 0.000000284. The summed E-state index contributed by atoms with van der Waals surface area (Å²) in [6.07, 6.45) is 12.7. The molecule has 0 bridgehead atoms. The van der Waals surface area contributed by atoms with Gasteiger partial charge in [-0.05, 0) is 0 Å². The third-order valence-corrected chi connectivity index (χ3v) is 3.92. The van der Waals surface area contributed by atoms with Crippen molar-refractivity contribution in [1.82, 2.24) is 0 Å². The van der Waals surface area contributed by atoms with E-state index in [0.717, 1.165) is 0 Å². The second-order valence-electron chi connectivity index (χ2n) is 5.34. The molecule has 0 N–H and O–H groups in total. The Kier molecular flexibility index (Phi) is 12.2. The van der Waals surface area contributed by atoms with Gasteiger partial charge in [0.15, 0.2) is 0 Å². The van der Waals surface area contributed by atoms with Crippen LogP contribution in [0.1, 0.15) is 64.2 Å². The van der Waals surface area contributed by atoms with E-state index in [0.29, 0.717) is 11.8 Å². The normalized spacial score (nSPS) is 22.2. The SMILES string of the molecule is [Mg+2].[O-]CC1CCCCC1.[O-]CC1CCCCC1. The predicted octanol–water partition coefficient (Wildman–Crippen LogP) is 1.47. The molecule has 2 fully saturated rings. The maximum Gasteiger partial charge on any atom is 2.00 e. The molecule has 2 aliphatic carbocycles. The standard InChI is InChI=1S/2C7H13O.Mg/c2*8-6-7-4-2-1-3-5-7;/h2*7H,1-6H2;/q2*-1;+2. The van der Waals surface area contributed by atoms with E-state index in [-0.39, 0.29) is 36.3 Å². The minimum absolute atomic E-state index is 0. The molecule has 0 saturated heterocycles. The molecular weight excluding hydrogens is 224 g/mol. The van der Waals surface area contributed by atoms with Gasteiger partial charge in [0, 0.05) is 0 Å². The van der Waals surface area contributed by atoms with Crippen LogP contribution in [-0.4, -0.2) is 36.3 Å². The van der Waals surface area contributed by atoms with Gasteiger partial charge in [0.2, 0.25) is 0 Å². The molecule has 3 heteroatoms. The zero-order valence-corrected chi connectivity index (χ0v) is 12.6. The number of rotatable bonds is 2. The number of hydrogen-bond acceptors (Lipinski definition) is 2. The molecule has 0 aromatic rings. The second-order valence-corrected chi connectivity index (χ2v) is 5.34. The molecule has 2 rings (SSSR count). The van der Waals surface area contributed by atoms with Crippen LogP contribution in [-0.2, 0) is 0 Å². The smallest absolute Gasteiger partial charge is 0.854 e. The van der Waals surface area contributed by atoms with E-state index in [4.69, 9.17) is 0 Å². The van der Waals surface area contributed by atoms with E-state index in [1.807, 2.05) is 0 Å². The largest absolute Gasteiger partial charge is 2.00 e. The van der Waals surface area contributed by atoms with E-state index in [1.165, 1.54) is 64.2 Å². The van der Waals surface area contributed by atoms with Crippen LogP contribution in [0.5, 0.6) is 0 Å². The molecule has 0 spiro atoms. The van der Waals surface area contributed by atoms with Gasteiger partial charge in [-0.25, -0.2) is 0 Å². The van der Waals surface area contributed by atoms with Crippen LogP contribution >= 0.6 is 0 Å². The van der Waals surface area contributed by atoms with E-state index in [2.05, 4.69) is 0 Å². The molecule has 0 aromatic carbocycles. The first-order valence-corrected chi connectivity index (χ1v) is 7.03. The summed E-state index contributed by atoms with van der Waals surface area (Å²) in [5, 5.41) is 20.6. The first-order valence-electron chi connectivity index (χ1n) is 7.03. The fourth-order valence-corrected chi connectivity index (χ4v) is 2.71. The molecule has 2 nitrogen and oxygen atoms in total. The van der Waals surface area contributed by atoms with Gasteiger partial charge in [-0.3, -0.25) is 0 Å². The van der Waals surface area contributed by atoms with Crippen LogP contribution in [0.25, 0.3) is 0 Å². The van der Waals surface area contributed by atoms with Crippen molar-refractivity contribution in [3.63, 3.8) is 0 Å². The van der Waals surface area contributed by atoms with Gasteiger partial charge in [-0.1, -0.05) is 76.0 Å². The van der Waals surface area contributed by atoms with E-state index < -0.39 is 0 Å². The monoisotopic (exact) mass is 250 g/mol. The summed E-state index contributed by atoms with van der Waals surface area (Å²) < 4.78 is 0. The van der Waals surface area contributed by atoms with Gasteiger partial charge < -0.3 is 10.2 Å². The molecule has 0 atom stereocenters. The maximum atomic E-state index is 10.3. The van der Waals surface area contributed by atoms with Crippen molar-refractivity contribution in [3.05, 3.63) is 0 Å². The van der Waals surface area contributed by atoms with Gasteiger partial charge >= 0.3 is 23.1 Å². The summed E-state index contributed by atoms with van der Waals surface area (Å²) in [6.45, 7) is 0.333. The van der Waals surface area contributed by atoms with Crippen molar-refractivity contribution in [3.8, 4) is 0 Å². The molecule has 2 aliphatic rings. The molecular formula is C14H26MgO2. The van der Waals surface area contributed by atoms with Crippen molar-refractivity contribution in [2.75, 3.05) is 13.2 Å². The summed E-state index contributed by atoms with van der Waals surface area (Å²) >= 11 is 0. The molecule has 0 aliphatic heterocycles. The molecule has 0 heterocycles. The van der Waals surface area contributed by atoms with Crippen molar-refractivity contribution < 1.29 is 10.2 Å². The zero-order valence-electron chi connectivity index (χ0n) is 11.2. The minimum Gasteiger partial charge on any atom is -0.854 e. The summed E-state index contributed by atoms with van der Waals surface area (Å²) in [7, 11) is 0. The van der Waals surface area contributed by atoms with Crippen molar-refractivity contribution in [1.29, 1.82) is 0 Å². The van der Waals surface area contributed by atoms with Gasteiger partial charge in [0.1, 0.15) is 0 Å². The molecule has 0 aromatic heterocycles. The summed E-state index contributed by atoms with van der Waals surface area (Å²) in [5.74, 6) is 1.06. The first kappa shape index (κ1) is 17.7. The fourth-order valence-electron chi connectivity index (χ4n) is 2.71. The quantitative estimate of drug-likeness (QED) is 0.697. The Hall–Kier alpha value is 0.686. The second kappa shape index (κ2) is 11.8. The maximum absolute atomic E-state index is 10.3. The Morgan fingerprint density at radius 2 is 0.882 bits per heavy atom. The van der Waals surface area contributed by atoms with Gasteiger partial charge in [0.25, 0.3) is 0 Å². The van der Waals surface area contributed by atoms with Gasteiger partial charge in [0.05, 0.1) is 0 Å². The molecule has 96 valence electrons. The molecule has 2 saturated carbocycles. The minimum atomic E-state index is 0. The summed E-state index contributed by atoms with van der Waals surface area (Å²) in [4.78, 5) is 0. The Morgan fingerprint density at radius 3 is 1.06 bits per heavy atom. The van der Waals surface area contributed by atoms with Crippen LogP contribution in [0.3, 0.4) is 0 Å². The third kappa shape index (κ3) is 8.41. The van der Waals surface area contributed by atoms with Crippen molar-refractivity contribution in [2.24, 2.45) is 11.8 Å². The van der Waals surface area contributed by atoms with Gasteiger partial charge in [-0.2, -0.15) is 0 Å². The summed E-state index contributed by atoms with van der Waals surface area (Å²) in [6, 6.07) is 0. The van der Waals surface area contributed by atoms with Crippen LogP contribution in [0, 0.1) is 11.8 Å². The molecule has 17 heavy (non-hydrogen) atoms. The van der Waals surface area contributed by atoms with E-state index >= 15 is 0 Å². The fraction of sp³-hybridized carbons (Fsp3) is 1.00. The topological polar surface area (TPSA) is 46.1 Å². The first-order chi connectivity index (χ1) is 7.86. The van der Waals surface area contributed by atoms with E-state index in [9.17, 15) is 10.2 Å². The predicted molar refractivity (Wildman–Crippen MR) is 68.6 cm³/mol. The van der Waals surface area contributed by atoms with Crippen molar-refractivity contribution in [2.45, 2.75) is 64.2 Å². The van der Waals surface area contributed by atoms with Crippen LogP contribution in [0.2, 0.25) is 0 Å². The molecule has 0 radical (unpaired) electrons. The zero-order chi connectivity index (χ0) is 11.6. The Labute approximate surface area is 122 Å². The van der Waals surface area contributed by atoms with Crippen molar-refractivity contribution >= 4 is 23.1 Å². The Bertz CT molecular complexity index is 134. The Morgan fingerprint density at radius 1 is 0.588 bits per heavy atom. The number of hydrogen-bond donors (Lipinski definition) is 0. The molecule has 0 amide bonds. The molecule has 0 unspecified atom stereocenters. The van der Waals surface area contributed by atoms with Crippen LogP contribution in [0.15, 0.2) is 0 Å². The van der Waals surface area contributed by atoms with Crippen LogP contribution in [0.4, 0.5) is 0 Å². The van der Waals surface area contributed by atoms with E-state index in [1.54, 1.807) is 0 Å². The van der Waals surface area contributed by atoms with Gasteiger partial charge in [-0.15, -0.1) is 13.2 Å². The summed E-state index contributed by atoms with van der Waals surface area (Å²) in [5.41, 5.74) is 0. The average Bonchev–Trinajstić information content (AvgIpc) is 2.41. The van der Waals surface area contributed by atoms with Crippen LogP contribution < -0.4 is 10.2 Å².